The molecule has 5 heterocycles. The van der Waals surface area contributed by atoms with Gasteiger partial charge in [-0.1, -0.05) is 11.3 Å². The van der Waals surface area contributed by atoms with Crippen LogP contribution in [0.5, 0.6) is 0 Å². The summed E-state index contributed by atoms with van der Waals surface area (Å²) in [6.45, 7) is 7.84. The summed E-state index contributed by atoms with van der Waals surface area (Å²) in [7, 11) is 1.92. The number of nitrogens with zero attached hydrogens (tertiary/aromatic N) is 8. The molecule has 2 saturated heterocycles. The summed E-state index contributed by atoms with van der Waals surface area (Å²) in [6.07, 6.45) is 3.52. The standard InChI is InChI=1S/C30H33FN8O2S/c1-3-39-28(36(2)30-34-26(25(17-32)42-30)21-4-6-23(31)7-5-21)24-16-20(18-33-27(24)35-39)19-37-10-12-38(13-11-37)29(40)22-8-14-41-15-9-22/h4-7,16,18,22H,3,8-15,19H2,1-2H3. The number of ether oxygens (including phenoxy) is 1. The second-order valence-electron chi connectivity index (χ2n) is 10.7. The zero-order valence-electron chi connectivity index (χ0n) is 23.8. The fourth-order valence-corrected chi connectivity index (χ4v) is 6.56. The molecule has 0 bridgehead atoms. The van der Waals surface area contributed by atoms with Crippen LogP contribution in [0.4, 0.5) is 15.3 Å². The van der Waals surface area contributed by atoms with Gasteiger partial charge in [-0.05, 0) is 55.7 Å². The third-order valence-corrected chi connectivity index (χ3v) is 9.06. The van der Waals surface area contributed by atoms with Crippen LogP contribution in [0.1, 0.15) is 30.2 Å². The molecule has 2 fully saturated rings. The van der Waals surface area contributed by atoms with Crippen LogP contribution in [-0.4, -0.2) is 81.9 Å². The van der Waals surface area contributed by atoms with Crippen LogP contribution in [0, 0.1) is 23.1 Å². The van der Waals surface area contributed by atoms with Gasteiger partial charge >= 0.3 is 0 Å². The number of hydrogen-bond acceptors (Lipinski definition) is 9. The van der Waals surface area contributed by atoms with E-state index >= 15 is 0 Å². The highest BCUT2D eigenvalue weighted by Gasteiger charge is 2.29. The molecule has 218 valence electrons. The minimum absolute atomic E-state index is 0.0938. The number of thiazole rings is 1. The third kappa shape index (κ3) is 5.60. The predicted molar refractivity (Wildman–Crippen MR) is 159 cm³/mol. The average Bonchev–Trinajstić information content (AvgIpc) is 3.63. The summed E-state index contributed by atoms with van der Waals surface area (Å²) >= 11 is 1.29. The Morgan fingerprint density at radius 2 is 1.93 bits per heavy atom. The van der Waals surface area contributed by atoms with Crippen LogP contribution in [0.3, 0.4) is 0 Å². The number of hydrogen-bond donors (Lipinski definition) is 0. The van der Waals surface area contributed by atoms with Crippen molar-refractivity contribution in [2.24, 2.45) is 5.92 Å². The predicted octanol–water partition coefficient (Wildman–Crippen LogP) is 4.42. The molecule has 0 aliphatic carbocycles. The first-order valence-electron chi connectivity index (χ1n) is 14.3. The lowest BCUT2D eigenvalue weighted by atomic mass is 9.98. The second-order valence-corrected chi connectivity index (χ2v) is 11.7. The molecular weight excluding hydrogens is 555 g/mol. The fourth-order valence-electron chi connectivity index (χ4n) is 5.72. The summed E-state index contributed by atoms with van der Waals surface area (Å²) in [5, 5.41) is 16.1. The average molecular weight is 589 g/mol. The number of anilines is 2. The summed E-state index contributed by atoms with van der Waals surface area (Å²) in [5.41, 5.74) is 2.94. The summed E-state index contributed by atoms with van der Waals surface area (Å²) in [4.78, 5) is 29.2. The highest BCUT2D eigenvalue weighted by atomic mass is 32.1. The number of rotatable bonds is 7. The Hall–Kier alpha value is -3.92. The van der Waals surface area contributed by atoms with Crippen molar-refractivity contribution >= 4 is 39.2 Å². The lowest BCUT2D eigenvalue weighted by molar-refractivity contribution is -0.140. The second kappa shape index (κ2) is 12.1. The van der Waals surface area contributed by atoms with Crippen LogP contribution in [0.15, 0.2) is 36.5 Å². The topological polar surface area (TPSA) is 103 Å². The Morgan fingerprint density at radius 1 is 1.19 bits per heavy atom. The maximum atomic E-state index is 13.5. The number of carbonyl (C=O) groups is 1. The van der Waals surface area contributed by atoms with E-state index in [0.717, 1.165) is 62.3 Å². The summed E-state index contributed by atoms with van der Waals surface area (Å²) in [6, 6.07) is 10.4. The Kier molecular flexibility index (Phi) is 8.15. The normalized spacial score (nSPS) is 16.6. The Morgan fingerprint density at radius 3 is 2.62 bits per heavy atom. The maximum absolute atomic E-state index is 13.5. The van der Waals surface area contributed by atoms with E-state index in [1.165, 1.54) is 23.5 Å². The van der Waals surface area contributed by atoms with E-state index in [9.17, 15) is 14.4 Å². The smallest absolute Gasteiger partial charge is 0.225 e. The minimum atomic E-state index is -0.336. The van der Waals surface area contributed by atoms with Gasteiger partial charge in [-0.15, -0.1) is 0 Å². The molecule has 0 radical (unpaired) electrons. The van der Waals surface area contributed by atoms with Crippen molar-refractivity contribution in [3.8, 4) is 17.3 Å². The third-order valence-electron chi connectivity index (χ3n) is 8.02. The molecule has 1 amide bonds. The summed E-state index contributed by atoms with van der Waals surface area (Å²) in [5.74, 6) is 0.871. The van der Waals surface area contributed by atoms with Crippen molar-refractivity contribution in [1.82, 2.24) is 29.5 Å². The number of carbonyl (C=O) groups excluding carboxylic acids is 1. The lowest BCUT2D eigenvalue weighted by Crippen LogP contribution is -2.50. The number of halogens is 1. The van der Waals surface area contributed by atoms with E-state index in [0.29, 0.717) is 46.7 Å². The number of fused-ring (bicyclic) bond motifs is 1. The quantitative estimate of drug-likeness (QED) is 0.313. The van der Waals surface area contributed by atoms with Gasteiger partial charge in [0, 0.05) is 77.2 Å². The SMILES string of the molecule is CCn1nc2ncc(CN3CCN(C(=O)C4CCOCC4)CC3)cc2c1N(C)c1nc(-c2ccc(F)cc2)c(C#N)s1. The number of amides is 1. The van der Waals surface area contributed by atoms with Gasteiger partial charge in [-0.2, -0.15) is 10.4 Å². The Bertz CT molecular complexity index is 1610. The fraction of sp³-hybridized carbons (Fsp3) is 0.433. The van der Waals surface area contributed by atoms with E-state index in [1.807, 2.05) is 34.6 Å². The highest BCUT2D eigenvalue weighted by molar-refractivity contribution is 7.16. The van der Waals surface area contributed by atoms with Gasteiger partial charge in [0.15, 0.2) is 10.8 Å². The Balaban J connectivity index is 1.21. The summed E-state index contributed by atoms with van der Waals surface area (Å²) < 4.78 is 20.8. The lowest BCUT2D eigenvalue weighted by Gasteiger charge is -2.37. The van der Waals surface area contributed by atoms with Gasteiger partial charge in [-0.3, -0.25) is 9.69 Å². The molecule has 0 N–H and O–H groups in total. The molecule has 10 nitrogen and oxygen atoms in total. The first kappa shape index (κ1) is 28.2. The first-order valence-corrected chi connectivity index (χ1v) is 15.1. The van der Waals surface area contributed by atoms with E-state index in [1.54, 1.807) is 12.1 Å². The van der Waals surface area contributed by atoms with Crippen molar-refractivity contribution < 1.29 is 13.9 Å². The van der Waals surface area contributed by atoms with Gasteiger partial charge in [0.25, 0.3) is 0 Å². The van der Waals surface area contributed by atoms with Crippen molar-refractivity contribution in [2.75, 3.05) is 51.3 Å². The monoisotopic (exact) mass is 588 g/mol. The van der Waals surface area contributed by atoms with Crippen LogP contribution >= 0.6 is 11.3 Å². The maximum Gasteiger partial charge on any atom is 0.225 e. The largest absolute Gasteiger partial charge is 0.381 e. The van der Waals surface area contributed by atoms with Crippen molar-refractivity contribution in [1.29, 1.82) is 5.26 Å². The molecule has 42 heavy (non-hydrogen) atoms. The molecule has 12 heteroatoms. The van der Waals surface area contributed by atoms with Crippen LogP contribution in [0.25, 0.3) is 22.3 Å². The number of nitriles is 1. The molecule has 3 aromatic heterocycles. The molecule has 1 aromatic carbocycles. The first-order chi connectivity index (χ1) is 20.4. The zero-order chi connectivity index (χ0) is 29.2. The Labute approximate surface area is 247 Å². The van der Waals surface area contributed by atoms with E-state index < -0.39 is 0 Å². The molecule has 6 rings (SSSR count). The van der Waals surface area contributed by atoms with Crippen molar-refractivity contribution in [3.63, 3.8) is 0 Å². The van der Waals surface area contributed by atoms with Crippen LogP contribution in [0.2, 0.25) is 0 Å². The molecule has 0 unspecified atom stereocenters. The molecule has 0 spiro atoms. The van der Waals surface area contributed by atoms with Gasteiger partial charge in [-0.25, -0.2) is 19.0 Å². The zero-order valence-corrected chi connectivity index (χ0v) is 24.6. The van der Waals surface area contributed by atoms with Gasteiger partial charge in [0.05, 0.1) is 5.39 Å². The minimum Gasteiger partial charge on any atom is -0.381 e. The molecule has 0 atom stereocenters. The molecule has 4 aromatic rings. The van der Waals surface area contributed by atoms with Crippen LogP contribution < -0.4 is 4.90 Å². The van der Waals surface area contributed by atoms with E-state index in [2.05, 4.69) is 22.0 Å². The van der Waals surface area contributed by atoms with E-state index in [-0.39, 0.29) is 17.6 Å². The van der Waals surface area contributed by atoms with Gasteiger partial charge in [0.2, 0.25) is 5.91 Å². The van der Waals surface area contributed by atoms with E-state index in [4.69, 9.17) is 14.8 Å². The number of aryl methyl sites for hydroxylation is 1. The van der Waals surface area contributed by atoms with Crippen LogP contribution in [-0.2, 0) is 22.6 Å². The molecule has 2 aliphatic rings. The number of pyridine rings is 1. The number of piperazine rings is 1. The molecule has 2 aliphatic heterocycles. The van der Waals surface area contributed by atoms with Crippen molar-refractivity contribution in [2.45, 2.75) is 32.9 Å². The number of aromatic nitrogens is 4. The van der Waals surface area contributed by atoms with Gasteiger partial charge in [0.1, 0.15) is 28.3 Å². The molecule has 0 saturated carbocycles. The van der Waals surface area contributed by atoms with Crippen molar-refractivity contribution in [3.05, 3.63) is 52.8 Å². The number of benzene rings is 1. The van der Waals surface area contributed by atoms with Gasteiger partial charge < -0.3 is 14.5 Å². The highest BCUT2D eigenvalue weighted by Crippen LogP contribution is 2.37. The molecular formula is C30H33FN8O2S.